The number of benzene rings is 3. The molecule has 236 valence electrons. The molecule has 2 amide bonds. The fourth-order valence-corrected chi connectivity index (χ4v) is 6.67. The van der Waals surface area contributed by atoms with Gasteiger partial charge in [-0.2, -0.15) is 0 Å². The zero-order chi connectivity index (χ0) is 31.7. The average molecular weight is 626 g/mol. The lowest BCUT2D eigenvalue weighted by Gasteiger charge is -2.34. The number of anilines is 1. The minimum absolute atomic E-state index is 0.0237. The summed E-state index contributed by atoms with van der Waals surface area (Å²) in [5.41, 5.74) is 2.78. The van der Waals surface area contributed by atoms with Crippen molar-refractivity contribution in [3.8, 4) is 0 Å². The number of hydrogen-bond donors (Lipinski definition) is 1. The van der Waals surface area contributed by atoms with Gasteiger partial charge in [-0.3, -0.25) is 13.9 Å². The average Bonchev–Trinajstić information content (AvgIpc) is 3.00. The highest BCUT2D eigenvalue weighted by atomic mass is 32.2. The molecule has 3 aromatic carbocycles. The van der Waals surface area contributed by atoms with Gasteiger partial charge in [0.1, 0.15) is 6.04 Å². The Kier molecular flexibility index (Phi) is 11.5. The van der Waals surface area contributed by atoms with E-state index in [4.69, 9.17) is 0 Å². The van der Waals surface area contributed by atoms with Crippen LogP contribution in [0.2, 0.25) is 0 Å². The molecule has 7 nitrogen and oxygen atoms in total. The predicted molar refractivity (Wildman–Crippen MR) is 168 cm³/mol. The number of aryl methyl sites for hydroxylation is 1. The van der Waals surface area contributed by atoms with Crippen LogP contribution in [0.3, 0.4) is 0 Å². The van der Waals surface area contributed by atoms with Gasteiger partial charge in [-0.25, -0.2) is 17.2 Å². The second-order valence-corrected chi connectivity index (χ2v) is 13.4. The highest BCUT2D eigenvalue weighted by molar-refractivity contribution is 7.92. The van der Waals surface area contributed by atoms with E-state index in [0.717, 1.165) is 71.5 Å². The normalized spacial score (nSPS) is 14.5. The number of sulfonamides is 1. The van der Waals surface area contributed by atoms with Gasteiger partial charge in [-0.1, -0.05) is 73.9 Å². The molecular formula is C34H41F2N3O4S. The maximum Gasteiger partial charge on any atom is 0.243 e. The summed E-state index contributed by atoms with van der Waals surface area (Å²) in [6, 6.07) is 19.4. The van der Waals surface area contributed by atoms with Crippen LogP contribution in [0.1, 0.15) is 61.6 Å². The molecule has 4 rings (SSSR count). The monoisotopic (exact) mass is 625 g/mol. The summed E-state index contributed by atoms with van der Waals surface area (Å²) in [4.78, 5) is 29.6. The second-order valence-electron chi connectivity index (χ2n) is 11.5. The molecule has 0 saturated heterocycles. The van der Waals surface area contributed by atoms with Gasteiger partial charge in [-0.15, -0.1) is 0 Å². The zero-order valence-corrected chi connectivity index (χ0v) is 26.2. The van der Waals surface area contributed by atoms with E-state index in [-0.39, 0.29) is 49.5 Å². The number of rotatable bonds is 13. The molecule has 1 saturated carbocycles. The van der Waals surface area contributed by atoms with Crippen molar-refractivity contribution in [1.29, 1.82) is 0 Å². The van der Waals surface area contributed by atoms with Crippen LogP contribution in [0.5, 0.6) is 0 Å². The van der Waals surface area contributed by atoms with Crippen molar-refractivity contribution >= 4 is 27.5 Å². The molecule has 0 bridgehead atoms. The van der Waals surface area contributed by atoms with E-state index in [1.165, 1.54) is 6.07 Å². The van der Waals surface area contributed by atoms with E-state index in [9.17, 15) is 26.8 Å². The van der Waals surface area contributed by atoms with Crippen molar-refractivity contribution in [3.63, 3.8) is 0 Å². The summed E-state index contributed by atoms with van der Waals surface area (Å²) in [6.07, 6.45) is 6.41. The van der Waals surface area contributed by atoms with E-state index in [0.29, 0.717) is 6.42 Å². The van der Waals surface area contributed by atoms with Gasteiger partial charge in [0.25, 0.3) is 0 Å². The molecule has 0 radical (unpaired) electrons. The number of hydrogen-bond acceptors (Lipinski definition) is 4. The van der Waals surface area contributed by atoms with E-state index in [1.54, 1.807) is 4.90 Å². The molecule has 0 aromatic heterocycles. The van der Waals surface area contributed by atoms with Crippen LogP contribution in [0.15, 0.2) is 72.8 Å². The second kappa shape index (κ2) is 15.3. The lowest BCUT2D eigenvalue weighted by molar-refractivity contribution is -0.141. The van der Waals surface area contributed by atoms with Gasteiger partial charge in [-0.05, 0) is 55.0 Å². The fraction of sp³-hybridized carbons (Fsp3) is 0.412. The van der Waals surface area contributed by atoms with Gasteiger partial charge in [0.15, 0.2) is 11.6 Å². The Labute approximate surface area is 259 Å². The van der Waals surface area contributed by atoms with Gasteiger partial charge >= 0.3 is 0 Å². The van der Waals surface area contributed by atoms with Crippen LogP contribution in [0.25, 0.3) is 0 Å². The SMILES string of the molecule is Cc1ccccc1CN(C(=O)CCCN(c1ccc(F)c(F)c1)S(C)(=O)=O)[C@H](Cc1ccccc1)C(=O)NC1CCCCC1. The van der Waals surface area contributed by atoms with Gasteiger partial charge in [0.05, 0.1) is 11.9 Å². The van der Waals surface area contributed by atoms with Crippen LogP contribution in [0.4, 0.5) is 14.5 Å². The Bertz CT molecular complexity index is 1530. The van der Waals surface area contributed by atoms with Gasteiger partial charge in [0, 0.05) is 38.0 Å². The summed E-state index contributed by atoms with van der Waals surface area (Å²) in [7, 11) is -3.85. The summed E-state index contributed by atoms with van der Waals surface area (Å²) in [5.74, 6) is -2.75. The Morgan fingerprint density at radius 3 is 2.27 bits per heavy atom. The number of nitrogens with one attached hydrogen (secondary N) is 1. The third kappa shape index (κ3) is 9.11. The lowest BCUT2D eigenvalue weighted by Crippen LogP contribution is -2.53. The maximum atomic E-state index is 14.0. The Morgan fingerprint density at radius 1 is 0.932 bits per heavy atom. The third-order valence-electron chi connectivity index (χ3n) is 8.17. The van der Waals surface area contributed by atoms with Crippen LogP contribution in [-0.4, -0.2) is 50.0 Å². The first-order valence-electron chi connectivity index (χ1n) is 15.1. The number of halogens is 2. The van der Waals surface area contributed by atoms with E-state index < -0.39 is 27.7 Å². The lowest BCUT2D eigenvalue weighted by atomic mass is 9.94. The minimum Gasteiger partial charge on any atom is -0.352 e. The van der Waals surface area contributed by atoms with Crippen LogP contribution < -0.4 is 9.62 Å². The summed E-state index contributed by atoms with van der Waals surface area (Å²) < 4.78 is 53.6. The first-order valence-corrected chi connectivity index (χ1v) is 17.0. The molecule has 0 unspecified atom stereocenters. The standard InChI is InChI=1S/C34H41F2N3O4S/c1-25-12-9-10-15-27(25)24-38(32(22-26-13-5-3-6-14-26)34(41)37-28-16-7-4-8-17-28)33(40)18-11-21-39(44(2,42)43)29-19-20-30(35)31(36)23-29/h3,5-6,9-10,12-15,19-20,23,28,32H,4,7-8,11,16-18,21-22,24H2,1-2H3,(H,37,41)/t32-/m1/s1. The molecule has 3 aromatic rings. The van der Waals surface area contributed by atoms with Crippen LogP contribution in [0, 0.1) is 18.6 Å². The van der Waals surface area contributed by atoms with Crippen LogP contribution >= 0.6 is 0 Å². The van der Waals surface area contributed by atoms with E-state index in [2.05, 4.69) is 5.32 Å². The van der Waals surface area contributed by atoms with E-state index >= 15 is 0 Å². The third-order valence-corrected chi connectivity index (χ3v) is 9.36. The first kappa shape index (κ1) is 33.1. The summed E-state index contributed by atoms with van der Waals surface area (Å²) in [5, 5.41) is 3.21. The summed E-state index contributed by atoms with van der Waals surface area (Å²) in [6.45, 7) is 2.05. The number of carbonyl (C=O) groups is 2. The fourth-order valence-electron chi connectivity index (χ4n) is 5.71. The zero-order valence-electron chi connectivity index (χ0n) is 25.3. The smallest absolute Gasteiger partial charge is 0.243 e. The molecule has 1 atom stereocenters. The minimum atomic E-state index is -3.85. The Morgan fingerprint density at radius 2 is 1.61 bits per heavy atom. The highest BCUT2D eigenvalue weighted by Crippen LogP contribution is 2.23. The quantitative estimate of drug-likeness (QED) is 0.256. The molecule has 0 heterocycles. The summed E-state index contributed by atoms with van der Waals surface area (Å²) >= 11 is 0. The molecule has 1 fully saturated rings. The Hall–Kier alpha value is -3.79. The molecular weight excluding hydrogens is 584 g/mol. The van der Waals surface area contributed by atoms with Crippen molar-refractivity contribution < 1.29 is 26.8 Å². The van der Waals surface area contributed by atoms with Crippen LogP contribution in [-0.2, 0) is 32.6 Å². The van der Waals surface area contributed by atoms with Crippen molar-refractivity contribution in [2.75, 3.05) is 17.1 Å². The highest BCUT2D eigenvalue weighted by Gasteiger charge is 2.32. The number of amides is 2. The molecule has 1 N–H and O–H groups in total. The predicted octanol–water partition coefficient (Wildman–Crippen LogP) is 5.91. The molecule has 44 heavy (non-hydrogen) atoms. The van der Waals surface area contributed by atoms with Gasteiger partial charge in [0.2, 0.25) is 21.8 Å². The van der Waals surface area contributed by atoms with Crippen molar-refractivity contribution in [2.24, 2.45) is 0 Å². The molecule has 1 aliphatic rings. The maximum absolute atomic E-state index is 14.0. The molecule has 0 aliphatic heterocycles. The molecule has 0 spiro atoms. The van der Waals surface area contributed by atoms with Gasteiger partial charge < -0.3 is 10.2 Å². The molecule has 1 aliphatic carbocycles. The topological polar surface area (TPSA) is 86.8 Å². The van der Waals surface area contributed by atoms with E-state index in [1.807, 2.05) is 61.5 Å². The van der Waals surface area contributed by atoms with Crippen molar-refractivity contribution in [1.82, 2.24) is 10.2 Å². The number of nitrogens with zero attached hydrogens (tertiary/aromatic N) is 2. The number of carbonyl (C=O) groups excluding carboxylic acids is 2. The largest absolute Gasteiger partial charge is 0.352 e. The molecule has 10 heteroatoms. The first-order chi connectivity index (χ1) is 21.0. The Balaban J connectivity index is 1.60. The van der Waals surface area contributed by atoms with Crippen molar-refractivity contribution in [2.45, 2.75) is 76.9 Å². The van der Waals surface area contributed by atoms with Crippen molar-refractivity contribution in [3.05, 3.63) is 101 Å².